The number of aromatic amines is 1. The molecule has 4 rings (SSSR count). The average molecular weight is 323 g/mol. The van der Waals surface area contributed by atoms with Crippen LogP contribution in [0.1, 0.15) is 35.8 Å². The summed E-state index contributed by atoms with van der Waals surface area (Å²) in [6.07, 6.45) is 2.47. The Labute approximate surface area is 138 Å². The largest absolute Gasteiger partial charge is 0.352 e. The highest BCUT2D eigenvalue weighted by atomic mass is 16.5. The van der Waals surface area contributed by atoms with Gasteiger partial charge in [0.1, 0.15) is 0 Å². The molecule has 7 nitrogen and oxygen atoms in total. The summed E-state index contributed by atoms with van der Waals surface area (Å²) in [4.78, 5) is 16.2. The Morgan fingerprint density at radius 1 is 1.29 bits per heavy atom. The molecule has 0 radical (unpaired) electrons. The van der Waals surface area contributed by atoms with Crippen molar-refractivity contribution in [2.45, 2.75) is 31.7 Å². The number of H-pyrrole nitrogens is 1. The fraction of sp³-hybridized carbons (Fsp3) is 0.294. The molecule has 24 heavy (non-hydrogen) atoms. The van der Waals surface area contributed by atoms with Crippen molar-refractivity contribution in [3.8, 4) is 11.6 Å². The Morgan fingerprint density at radius 3 is 2.92 bits per heavy atom. The Balaban J connectivity index is 1.35. The van der Waals surface area contributed by atoms with Crippen LogP contribution in [-0.4, -0.2) is 26.2 Å². The van der Waals surface area contributed by atoms with Gasteiger partial charge >= 0.3 is 0 Å². The van der Waals surface area contributed by atoms with Gasteiger partial charge in [0.25, 0.3) is 5.89 Å². The van der Waals surface area contributed by atoms with Crippen molar-refractivity contribution in [1.29, 1.82) is 0 Å². The van der Waals surface area contributed by atoms with E-state index in [1.165, 1.54) is 12.8 Å². The first-order chi connectivity index (χ1) is 11.8. The summed E-state index contributed by atoms with van der Waals surface area (Å²) >= 11 is 0. The van der Waals surface area contributed by atoms with Gasteiger partial charge in [0.15, 0.2) is 11.5 Å². The Morgan fingerprint density at radius 2 is 2.12 bits per heavy atom. The van der Waals surface area contributed by atoms with Gasteiger partial charge in [-0.25, -0.2) is 0 Å². The summed E-state index contributed by atoms with van der Waals surface area (Å²) in [6.45, 7) is 0.481. The Hall–Kier alpha value is -2.96. The number of benzene rings is 1. The molecular weight excluding hydrogens is 306 g/mol. The van der Waals surface area contributed by atoms with Crippen LogP contribution in [0, 0.1) is 0 Å². The molecule has 0 aliphatic heterocycles. The number of aromatic nitrogens is 4. The molecule has 0 unspecified atom stereocenters. The number of rotatable bonds is 6. The first kappa shape index (κ1) is 14.6. The van der Waals surface area contributed by atoms with Gasteiger partial charge in [-0.3, -0.25) is 9.89 Å². The van der Waals surface area contributed by atoms with Gasteiger partial charge < -0.3 is 9.84 Å². The number of carbonyl (C=O) groups is 1. The highest BCUT2D eigenvalue weighted by Crippen LogP contribution is 2.39. The van der Waals surface area contributed by atoms with E-state index < -0.39 is 0 Å². The van der Waals surface area contributed by atoms with Crippen molar-refractivity contribution in [3.63, 3.8) is 0 Å². The van der Waals surface area contributed by atoms with Crippen LogP contribution in [0.2, 0.25) is 0 Å². The van der Waals surface area contributed by atoms with Crippen LogP contribution >= 0.6 is 0 Å². The summed E-state index contributed by atoms with van der Waals surface area (Å²) in [6, 6.07) is 11.7. The minimum Gasteiger partial charge on any atom is -0.352 e. The molecule has 122 valence electrons. The molecule has 1 fully saturated rings. The normalized spacial score (nSPS) is 13.8. The lowest BCUT2D eigenvalue weighted by molar-refractivity contribution is -0.120. The molecule has 0 spiro atoms. The maximum Gasteiger partial charge on any atom is 0.278 e. The number of nitrogens with one attached hydrogen (secondary N) is 2. The first-order valence-electron chi connectivity index (χ1n) is 7.97. The van der Waals surface area contributed by atoms with Crippen molar-refractivity contribution in [2.24, 2.45) is 0 Å². The Kier molecular flexibility index (Phi) is 3.82. The average Bonchev–Trinajstić information content (AvgIpc) is 3.15. The minimum atomic E-state index is -0.146. The monoisotopic (exact) mass is 323 g/mol. The second-order valence-corrected chi connectivity index (χ2v) is 5.94. The molecule has 3 aromatic rings. The van der Waals surface area contributed by atoms with E-state index in [1.807, 2.05) is 36.4 Å². The smallest absolute Gasteiger partial charge is 0.278 e. The number of hydrogen-bond acceptors (Lipinski definition) is 5. The molecule has 1 aliphatic carbocycles. The highest BCUT2D eigenvalue weighted by Gasteiger charge is 2.26. The van der Waals surface area contributed by atoms with Crippen molar-refractivity contribution in [3.05, 3.63) is 53.5 Å². The van der Waals surface area contributed by atoms with Gasteiger partial charge in [0, 0.05) is 18.2 Å². The van der Waals surface area contributed by atoms with Crippen molar-refractivity contribution < 1.29 is 9.32 Å². The van der Waals surface area contributed by atoms with Gasteiger partial charge in [-0.05, 0) is 24.5 Å². The van der Waals surface area contributed by atoms with Crippen molar-refractivity contribution >= 4 is 5.91 Å². The standard InChI is InChI=1S/C17H17N5O2/c23-16(18-10-11-4-2-1-3-5-11)9-15-19-17(24-22-15)14-8-13(20-21-14)12-6-7-12/h1-5,8,12H,6-7,9-10H2,(H,18,23)(H,20,21). The summed E-state index contributed by atoms with van der Waals surface area (Å²) in [7, 11) is 0. The van der Waals surface area contributed by atoms with Gasteiger partial charge in [0.05, 0.1) is 6.42 Å². The lowest BCUT2D eigenvalue weighted by Crippen LogP contribution is -2.24. The van der Waals surface area contributed by atoms with E-state index in [4.69, 9.17) is 4.52 Å². The fourth-order valence-electron chi connectivity index (χ4n) is 2.48. The van der Waals surface area contributed by atoms with Crippen LogP contribution in [0.3, 0.4) is 0 Å². The summed E-state index contributed by atoms with van der Waals surface area (Å²) in [5.41, 5.74) is 2.77. The number of hydrogen-bond donors (Lipinski definition) is 2. The second kappa shape index (κ2) is 6.27. The Bertz CT molecular complexity index is 836. The second-order valence-electron chi connectivity index (χ2n) is 5.94. The molecule has 1 saturated carbocycles. The van der Waals surface area contributed by atoms with E-state index in [0.29, 0.717) is 29.9 Å². The van der Waals surface area contributed by atoms with E-state index in [0.717, 1.165) is 11.3 Å². The van der Waals surface area contributed by atoms with Crippen LogP contribution in [0.15, 0.2) is 40.9 Å². The maximum absolute atomic E-state index is 12.0. The molecule has 0 bridgehead atoms. The van der Waals surface area contributed by atoms with Crippen LogP contribution in [0.25, 0.3) is 11.6 Å². The van der Waals surface area contributed by atoms with E-state index in [9.17, 15) is 4.79 Å². The quantitative estimate of drug-likeness (QED) is 0.725. The SMILES string of the molecule is O=C(Cc1noc(-c2cc(C3CC3)[nH]n2)n1)NCc1ccccc1. The van der Waals surface area contributed by atoms with Gasteiger partial charge in [-0.1, -0.05) is 35.5 Å². The molecule has 2 aromatic heterocycles. The first-order valence-corrected chi connectivity index (χ1v) is 7.97. The van der Waals surface area contributed by atoms with Crippen molar-refractivity contribution in [1.82, 2.24) is 25.7 Å². The molecular formula is C17H17N5O2. The molecule has 1 amide bonds. The summed E-state index contributed by atoms with van der Waals surface area (Å²) in [5, 5.41) is 13.9. The fourth-order valence-corrected chi connectivity index (χ4v) is 2.48. The zero-order valence-corrected chi connectivity index (χ0v) is 13.0. The third kappa shape index (κ3) is 3.34. The van der Waals surface area contributed by atoms with Gasteiger partial charge in [-0.15, -0.1) is 0 Å². The zero-order valence-electron chi connectivity index (χ0n) is 13.0. The van der Waals surface area contributed by atoms with Crippen LogP contribution in [-0.2, 0) is 17.8 Å². The number of amides is 1. The van der Waals surface area contributed by atoms with Crippen LogP contribution in [0.5, 0.6) is 0 Å². The predicted molar refractivity (Wildman–Crippen MR) is 85.8 cm³/mol. The maximum atomic E-state index is 12.0. The topological polar surface area (TPSA) is 96.7 Å². The lowest BCUT2D eigenvalue weighted by atomic mass is 10.2. The third-order valence-electron chi connectivity index (χ3n) is 3.95. The number of carbonyl (C=O) groups excluding carboxylic acids is 1. The van der Waals surface area contributed by atoms with E-state index in [2.05, 4.69) is 25.7 Å². The van der Waals surface area contributed by atoms with E-state index >= 15 is 0 Å². The van der Waals surface area contributed by atoms with Crippen LogP contribution < -0.4 is 5.32 Å². The zero-order chi connectivity index (χ0) is 16.4. The van der Waals surface area contributed by atoms with Crippen molar-refractivity contribution in [2.75, 3.05) is 0 Å². The van der Waals surface area contributed by atoms with Gasteiger partial charge in [0.2, 0.25) is 5.91 Å². The predicted octanol–water partition coefficient (Wildman–Crippen LogP) is 2.20. The molecule has 7 heteroatoms. The molecule has 2 heterocycles. The number of nitrogens with zero attached hydrogens (tertiary/aromatic N) is 3. The highest BCUT2D eigenvalue weighted by molar-refractivity contribution is 5.77. The molecule has 1 aliphatic rings. The molecule has 0 atom stereocenters. The third-order valence-corrected chi connectivity index (χ3v) is 3.95. The van der Waals surface area contributed by atoms with Crippen LogP contribution in [0.4, 0.5) is 0 Å². The molecule has 1 aromatic carbocycles. The minimum absolute atomic E-state index is 0.0796. The van der Waals surface area contributed by atoms with E-state index in [1.54, 1.807) is 0 Å². The van der Waals surface area contributed by atoms with Gasteiger partial charge in [-0.2, -0.15) is 10.1 Å². The summed E-state index contributed by atoms with van der Waals surface area (Å²) < 4.78 is 5.20. The molecule has 0 saturated heterocycles. The van der Waals surface area contributed by atoms with E-state index in [-0.39, 0.29) is 12.3 Å². The lowest BCUT2D eigenvalue weighted by Gasteiger charge is -2.03. The summed E-state index contributed by atoms with van der Waals surface area (Å²) in [5.74, 6) is 1.12. The molecule has 2 N–H and O–H groups in total.